The molecule has 2 fully saturated rings. The number of benzene rings is 1. The first-order valence-corrected chi connectivity index (χ1v) is 6.11. The number of cyclic esters (lactones) is 1. The van der Waals surface area contributed by atoms with Gasteiger partial charge in [0.05, 0.1) is 5.92 Å². The van der Waals surface area contributed by atoms with Crippen LogP contribution in [-0.2, 0) is 20.1 Å². The standard InChI is InChI=1S/C14H16O3/c1-16-14(10-6-3-2-4-7-10)12-9-5-8-11(12)13(15)17-14/h2-4,6-7,11-12H,5,8-9H2,1H3/t11-,12+,14?/m0/s1. The van der Waals surface area contributed by atoms with Crippen molar-refractivity contribution in [3.8, 4) is 0 Å². The second-order valence-corrected chi connectivity index (χ2v) is 4.80. The van der Waals surface area contributed by atoms with Gasteiger partial charge in [0.25, 0.3) is 0 Å². The van der Waals surface area contributed by atoms with E-state index in [2.05, 4.69) is 0 Å². The normalized spacial score (nSPS) is 35.7. The monoisotopic (exact) mass is 232 g/mol. The van der Waals surface area contributed by atoms with Crippen molar-refractivity contribution in [2.75, 3.05) is 7.11 Å². The summed E-state index contributed by atoms with van der Waals surface area (Å²) in [4.78, 5) is 11.9. The lowest BCUT2D eigenvalue weighted by atomic mass is 9.86. The van der Waals surface area contributed by atoms with Gasteiger partial charge in [0.15, 0.2) is 0 Å². The molecule has 0 amide bonds. The Labute approximate surface area is 101 Å². The number of ether oxygens (including phenoxy) is 2. The predicted molar refractivity (Wildman–Crippen MR) is 62.1 cm³/mol. The lowest BCUT2D eigenvalue weighted by molar-refractivity contribution is -0.224. The third-order valence-electron chi connectivity index (χ3n) is 4.04. The van der Waals surface area contributed by atoms with Crippen molar-refractivity contribution in [3.05, 3.63) is 35.9 Å². The Morgan fingerprint density at radius 2 is 2.06 bits per heavy atom. The predicted octanol–water partition coefficient (Wildman–Crippen LogP) is 2.46. The smallest absolute Gasteiger partial charge is 0.312 e. The van der Waals surface area contributed by atoms with Crippen molar-refractivity contribution in [1.29, 1.82) is 0 Å². The van der Waals surface area contributed by atoms with Crippen molar-refractivity contribution in [2.24, 2.45) is 11.8 Å². The number of fused-ring (bicyclic) bond motifs is 1. The SMILES string of the molecule is COC1(c2ccccc2)OC(=O)[C@H]2CCC[C@H]21. The largest absolute Gasteiger partial charge is 0.428 e. The number of hydrogen-bond acceptors (Lipinski definition) is 3. The van der Waals surface area contributed by atoms with Gasteiger partial charge in [0.2, 0.25) is 5.79 Å². The Balaban J connectivity index is 2.06. The van der Waals surface area contributed by atoms with Gasteiger partial charge < -0.3 is 9.47 Å². The summed E-state index contributed by atoms with van der Waals surface area (Å²) in [6.45, 7) is 0. The maximum Gasteiger partial charge on any atom is 0.312 e. The zero-order valence-corrected chi connectivity index (χ0v) is 9.89. The third-order valence-corrected chi connectivity index (χ3v) is 4.04. The first-order chi connectivity index (χ1) is 8.28. The molecular formula is C14H16O3. The van der Waals surface area contributed by atoms with Crippen LogP contribution in [0.1, 0.15) is 24.8 Å². The van der Waals surface area contributed by atoms with Crippen LogP contribution in [0.3, 0.4) is 0 Å². The highest BCUT2D eigenvalue weighted by molar-refractivity contribution is 5.76. The molecule has 0 spiro atoms. The van der Waals surface area contributed by atoms with Crippen molar-refractivity contribution in [2.45, 2.75) is 25.0 Å². The van der Waals surface area contributed by atoms with E-state index in [1.807, 2.05) is 30.3 Å². The van der Waals surface area contributed by atoms with Gasteiger partial charge >= 0.3 is 5.97 Å². The first-order valence-electron chi connectivity index (χ1n) is 6.11. The molecule has 0 radical (unpaired) electrons. The van der Waals surface area contributed by atoms with Crippen LogP contribution in [0.15, 0.2) is 30.3 Å². The molecule has 3 atom stereocenters. The minimum atomic E-state index is -0.848. The molecule has 0 bridgehead atoms. The zero-order valence-electron chi connectivity index (χ0n) is 9.89. The summed E-state index contributed by atoms with van der Waals surface area (Å²) < 4.78 is 11.2. The number of esters is 1. The maximum atomic E-state index is 11.9. The van der Waals surface area contributed by atoms with Crippen LogP contribution in [0.4, 0.5) is 0 Å². The molecule has 1 aliphatic carbocycles. The Morgan fingerprint density at radius 3 is 2.76 bits per heavy atom. The molecule has 1 unspecified atom stereocenters. The fourth-order valence-corrected chi connectivity index (χ4v) is 3.25. The molecular weight excluding hydrogens is 216 g/mol. The number of rotatable bonds is 2. The van der Waals surface area contributed by atoms with Gasteiger partial charge in [-0.1, -0.05) is 36.8 Å². The molecule has 1 aromatic carbocycles. The quantitative estimate of drug-likeness (QED) is 0.735. The van der Waals surface area contributed by atoms with Gasteiger partial charge in [-0.3, -0.25) is 4.79 Å². The van der Waals surface area contributed by atoms with Crippen LogP contribution in [0.5, 0.6) is 0 Å². The second-order valence-electron chi connectivity index (χ2n) is 4.80. The highest BCUT2D eigenvalue weighted by Gasteiger charge is 2.58. The van der Waals surface area contributed by atoms with Crippen LogP contribution >= 0.6 is 0 Å². The summed E-state index contributed by atoms with van der Waals surface area (Å²) in [5.74, 6) is -0.754. The molecule has 90 valence electrons. The minimum Gasteiger partial charge on any atom is -0.428 e. The van der Waals surface area contributed by atoms with Crippen molar-refractivity contribution in [3.63, 3.8) is 0 Å². The number of carbonyl (C=O) groups excluding carboxylic acids is 1. The maximum absolute atomic E-state index is 11.9. The summed E-state index contributed by atoms with van der Waals surface area (Å²) in [7, 11) is 1.63. The van der Waals surface area contributed by atoms with E-state index in [1.54, 1.807) is 7.11 Å². The lowest BCUT2D eigenvalue weighted by Crippen LogP contribution is -2.34. The summed E-state index contributed by atoms with van der Waals surface area (Å²) in [5, 5.41) is 0. The van der Waals surface area contributed by atoms with E-state index in [0.29, 0.717) is 0 Å². The molecule has 1 heterocycles. The Bertz CT molecular complexity index is 428. The Morgan fingerprint density at radius 1 is 1.29 bits per heavy atom. The van der Waals surface area contributed by atoms with E-state index in [4.69, 9.17) is 9.47 Å². The molecule has 1 saturated carbocycles. The van der Waals surface area contributed by atoms with Crippen molar-refractivity contribution in [1.82, 2.24) is 0 Å². The van der Waals surface area contributed by atoms with E-state index in [1.165, 1.54) is 0 Å². The van der Waals surface area contributed by atoms with E-state index in [-0.39, 0.29) is 17.8 Å². The van der Waals surface area contributed by atoms with Gasteiger partial charge in [-0.2, -0.15) is 0 Å². The fourth-order valence-electron chi connectivity index (χ4n) is 3.25. The fraction of sp³-hybridized carbons (Fsp3) is 0.500. The molecule has 3 nitrogen and oxygen atoms in total. The van der Waals surface area contributed by atoms with Crippen molar-refractivity contribution < 1.29 is 14.3 Å². The van der Waals surface area contributed by atoms with Gasteiger partial charge in [-0.05, 0) is 12.8 Å². The lowest BCUT2D eigenvalue weighted by Gasteiger charge is -2.31. The molecule has 0 aromatic heterocycles. The minimum absolute atomic E-state index is 0.0233. The molecule has 0 N–H and O–H groups in total. The van der Waals surface area contributed by atoms with E-state index >= 15 is 0 Å². The molecule has 2 aliphatic rings. The van der Waals surface area contributed by atoms with E-state index in [0.717, 1.165) is 24.8 Å². The summed E-state index contributed by atoms with van der Waals surface area (Å²) in [6, 6.07) is 9.79. The average molecular weight is 232 g/mol. The van der Waals surface area contributed by atoms with Gasteiger partial charge in [-0.15, -0.1) is 0 Å². The van der Waals surface area contributed by atoms with Crippen LogP contribution in [0.25, 0.3) is 0 Å². The molecule has 17 heavy (non-hydrogen) atoms. The zero-order chi connectivity index (χ0) is 11.9. The number of hydrogen-bond donors (Lipinski definition) is 0. The van der Waals surface area contributed by atoms with Gasteiger partial charge in [0, 0.05) is 18.6 Å². The van der Waals surface area contributed by atoms with Crippen LogP contribution in [0.2, 0.25) is 0 Å². The van der Waals surface area contributed by atoms with Gasteiger partial charge in [0.1, 0.15) is 0 Å². The molecule has 1 aromatic rings. The average Bonchev–Trinajstić information content (AvgIpc) is 2.94. The van der Waals surface area contributed by atoms with Crippen LogP contribution in [0, 0.1) is 11.8 Å². The topological polar surface area (TPSA) is 35.5 Å². The highest BCUT2D eigenvalue weighted by Crippen LogP contribution is 2.52. The van der Waals surface area contributed by atoms with E-state index < -0.39 is 5.79 Å². The second kappa shape index (κ2) is 3.84. The number of methoxy groups -OCH3 is 1. The Kier molecular flexibility index (Phi) is 2.44. The van der Waals surface area contributed by atoms with E-state index in [9.17, 15) is 4.79 Å². The molecule has 3 rings (SSSR count). The highest BCUT2D eigenvalue weighted by atomic mass is 16.7. The number of carbonyl (C=O) groups is 1. The summed E-state index contributed by atoms with van der Waals surface area (Å²) >= 11 is 0. The van der Waals surface area contributed by atoms with Crippen LogP contribution < -0.4 is 0 Å². The molecule has 1 saturated heterocycles. The first kappa shape index (κ1) is 10.8. The summed E-state index contributed by atoms with van der Waals surface area (Å²) in [5.41, 5.74) is 0.949. The third kappa shape index (κ3) is 1.42. The Hall–Kier alpha value is -1.35. The van der Waals surface area contributed by atoms with Crippen molar-refractivity contribution >= 4 is 5.97 Å². The molecule has 3 heteroatoms. The summed E-state index contributed by atoms with van der Waals surface area (Å²) in [6.07, 6.45) is 3.02. The van der Waals surface area contributed by atoms with Gasteiger partial charge in [-0.25, -0.2) is 0 Å². The van der Waals surface area contributed by atoms with Crippen LogP contribution in [-0.4, -0.2) is 13.1 Å². The molecule has 1 aliphatic heterocycles.